The normalized spacial score (nSPS) is 26.9. The van der Waals surface area contributed by atoms with Crippen LogP contribution in [0, 0.1) is 5.41 Å². The van der Waals surface area contributed by atoms with Crippen molar-refractivity contribution in [2.45, 2.75) is 36.6 Å². The third kappa shape index (κ3) is 2.53. The lowest BCUT2D eigenvalue weighted by Crippen LogP contribution is -2.59. The van der Waals surface area contributed by atoms with Crippen molar-refractivity contribution < 1.29 is 8.42 Å². The summed E-state index contributed by atoms with van der Waals surface area (Å²) in [4.78, 5) is 0.0352. The molecule has 0 bridgehead atoms. The number of sulfonamides is 1. The molecule has 1 saturated carbocycles. The first kappa shape index (κ1) is 14.9. The van der Waals surface area contributed by atoms with Crippen LogP contribution in [0.15, 0.2) is 11.0 Å². The molecule has 1 aliphatic carbocycles. The van der Waals surface area contributed by atoms with E-state index in [9.17, 15) is 8.42 Å². The molecular formula is C10H12Cl3NO2S2. The van der Waals surface area contributed by atoms with E-state index in [0.717, 1.165) is 11.3 Å². The van der Waals surface area contributed by atoms with Crippen LogP contribution in [0.4, 0.5) is 0 Å². The highest BCUT2D eigenvalue weighted by Crippen LogP contribution is 2.45. The number of halogens is 3. The summed E-state index contributed by atoms with van der Waals surface area (Å²) in [6.07, 6.45) is 0.614. The number of nitrogens with one attached hydrogen (secondary N) is 1. The van der Waals surface area contributed by atoms with Crippen LogP contribution in [0.5, 0.6) is 0 Å². The summed E-state index contributed by atoms with van der Waals surface area (Å²) in [5.41, 5.74) is -0.263. The van der Waals surface area contributed by atoms with Crippen LogP contribution < -0.4 is 4.72 Å². The molecular weight excluding hydrogens is 337 g/mol. The summed E-state index contributed by atoms with van der Waals surface area (Å²) in [6, 6.07) is 1.18. The molecule has 0 amide bonds. The van der Waals surface area contributed by atoms with Crippen LogP contribution in [0.2, 0.25) is 8.67 Å². The molecule has 0 saturated heterocycles. The first-order valence-electron chi connectivity index (χ1n) is 5.26. The Bertz CT molecular complexity index is 568. The van der Waals surface area contributed by atoms with Crippen molar-refractivity contribution in [1.82, 2.24) is 4.72 Å². The van der Waals surface area contributed by atoms with Crippen LogP contribution in [0.25, 0.3) is 0 Å². The molecule has 18 heavy (non-hydrogen) atoms. The molecule has 1 aromatic rings. The fourth-order valence-electron chi connectivity index (χ4n) is 1.83. The molecule has 1 fully saturated rings. The quantitative estimate of drug-likeness (QED) is 0.846. The van der Waals surface area contributed by atoms with Crippen molar-refractivity contribution in [3.8, 4) is 0 Å². The van der Waals surface area contributed by atoms with E-state index in [0.29, 0.717) is 10.8 Å². The van der Waals surface area contributed by atoms with Gasteiger partial charge in [-0.1, -0.05) is 37.0 Å². The molecule has 1 aromatic heterocycles. The van der Waals surface area contributed by atoms with Gasteiger partial charge in [-0.05, 0) is 17.9 Å². The van der Waals surface area contributed by atoms with Crippen molar-refractivity contribution in [2.24, 2.45) is 5.41 Å². The zero-order chi connectivity index (χ0) is 13.7. The van der Waals surface area contributed by atoms with Crippen molar-refractivity contribution in [1.29, 1.82) is 0 Å². The smallest absolute Gasteiger partial charge is 0.207 e. The van der Waals surface area contributed by atoms with Crippen LogP contribution in [-0.4, -0.2) is 19.8 Å². The van der Waals surface area contributed by atoms with Crippen molar-refractivity contribution >= 4 is 56.2 Å². The van der Waals surface area contributed by atoms with E-state index < -0.39 is 10.0 Å². The van der Waals surface area contributed by atoms with E-state index in [1.165, 1.54) is 6.07 Å². The third-order valence-electron chi connectivity index (χ3n) is 3.36. The van der Waals surface area contributed by atoms with Gasteiger partial charge in [-0.15, -0.1) is 22.9 Å². The van der Waals surface area contributed by atoms with Crippen LogP contribution in [-0.2, 0) is 10.0 Å². The topological polar surface area (TPSA) is 46.2 Å². The predicted molar refractivity (Wildman–Crippen MR) is 76.5 cm³/mol. The van der Waals surface area contributed by atoms with Gasteiger partial charge in [0.25, 0.3) is 0 Å². The summed E-state index contributed by atoms with van der Waals surface area (Å²) in [5.74, 6) is 0. The average molecular weight is 349 g/mol. The molecule has 8 heteroatoms. The van der Waals surface area contributed by atoms with Gasteiger partial charge in [0.1, 0.15) is 9.23 Å². The maximum atomic E-state index is 12.2. The lowest BCUT2D eigenvalue weighted by atomic mass is 9.67. The van der Waals surface area contributed by atoms with E-state index >= 15 is 0 Å². The SMILES string of the molecule is CC1(C)C(Cl)CC1NS(=O)(=O)c1cc(Cl)sc1Cl. The summed E-state index contributed by atoms with van der Waals surface area (Å²) in [6.45, 7) is 3.87. The summed E-state index contributed by atoms with van der Waals surface area (Å²) in [7, 11) is -3.64. The number of hydrogen-bond donors (Lipinski definition) is 1. The first-order chi connectivity index (χ1) is 8.14. The number of rotatable bonds is 3. The minimum atomic E-state index is -3.64. The molecule has 1 aliphatic rings. The second-order valence-corrected chi connectivity index (χ2v) is 9.38. The molecule has 2 atom stereocenters. The summed E-state index contributed by atoms with van der Waals surface area (Å²) < 4.78 is 27.5. The zero-order valence-corrected chi connectivity index (χ0v) is 13.6. The van der Waals surface area contributed by atoms with Crippen LogP contribution in [0.3, 0.4) is 0 Å². The highest BCUT2D eigenvalue weighted by Gasteiger charge is 2.49. The highest BCUT2D eigenvalue weighted by molar-refractivity contribution is 7.89. The monoisotopic (exact) mass is 347 g/mol. The maximum Gasteiger partial charge on any atom is 0.243 e. The van der Waals surface area contributed by atoms with E-state index in [4.69, 9.17) is 34.8 Å². The second-order valence-electron chi connectivity index (χ2n) is 4.89. The van der Waals surface area contributed by atoms with E-state index in [2.05, 4.69) is 4.72 Å². The molecule has 0 aliphatic heterocycles. The predicted octanol–water partition coefficient (Wildman–Crippen LogP) is 3.74. The second kappa shape index (κ2) is 4.79. The van der Waals surface area contributed by atoms with Crippen LogP contribution in [0.1, 0.15) is 20.3 Å². The Morgan fingerprint density at radius 2 is 2.06 bits per heavy atom. The lowest BCUT2D eigenvalue weighted by molar-refractivity contribution is 0.137. The highest BCUT2D eigenvalue weighted by atomic mass is 35.5. The van der Waals surface area contributed by atoms with Gasteiger partial charge < -0.3 is 0 Å². The van der Waals surface area contributed by atoms with E-state index in [1.54, 1.807) is 0 Å². The number of hydrogen-bond acceptors (Lipinski definition) is 3. The molecule has 0 radical (unpaired) electrons. The standard InChI is InChI=1S/C10H12Cl3NO2S2/c1-10(2)6(11)4-7(10)14-18(15,16)5-3-8(12)17-9(5)13/h3,6-7,14H,4H2,1-2H3. The van der Waals surface area contributed by atoms with Gasteiger partial charge in [-0.3, -0.25) is 0 Å². The number of thiophene rings is 1. The first-order valence-corrected chi connectivity index (χ1v) is 8.75. The lowest BCUT2D eigenvalue weighted by Gasteiger charge is -2.48. The molecule has 3 nitrogen and oxygen atoms in total. The van der Waals surface area contributed by atoms with Gasteiger partial charge in [0.15, 0.2) is 0 Å². The zero-order valence-electron chi connectivity index (χ0n) is 9.71. The Morgan fingerprint density at radius 1 is 1.44 bits per heavy atom. The van der Waals surface area contributed by atoms with Gasteiger partial charge >= 0.3 is 0 Å². The van der Waals surface area contributed by atoms with Crippen molar-refractivity contribution in [3.05, 3.63) is 14.7 Å². The molecule has 0 spiro atoms. The van der Waals surface area contributed by atoms with Crippen molar-refractivity contribution in [2.75, 3.05) is 0 Å². The largest absolute Gasteiger partial charge is 0.243 e. The van der Waals surface area contributed by atoms with E-state index in [-0.39, 0.29) is 26.1 Å². The molecule has 0 aromatic carbocycles. The fraction of sp³-hybridized carbons (Fsp3) is 0.600. The average Bonchev–Trinajstić information content (AvgIpc) is 2.58. The van der Waals surface area contributed by atoms with Gasteiger partial charge in [-0.2, -0.15) is 0 Å². The molecule has 2 rings (SSSR count). The third-order valence-corrected chi connectivity index (χ3v) is 7.33. The summed E-state index contributed by atoms with van der Waals surface area (Å²) in [5, 5.41) is -0.0215. The number of alkyl halides is 1. The van der Waals surface area contributed by atoms with Gasteiger partial charge in [-0.25, -0.2) is 13.1 Å². The van der Waals surface area contributed by atoms with E-state index in [1.807, 2.05) is 13.8 Å². The van der Waals surface area contributed by atoms with Gasteiger partial charge in [0.2, 0.25) is 10.0 Å². The van der Waals surface area contributed by atoms with Gasteiger partial charge in [0.05, 0.1) is 4.34 Å². The molecule has 1 heterocycles. The Kier molecular flexibility index (Phi) is 3.96. The Balaban J connectivity index is 2.22. The Labute approximate surface area is 125 Å². The molecule has 102 valence electrons. The summed E-state index contributed by atoms with van der Waals surface area (Å²) >= 11 is 18.7. The maximum absolute atomic E-state index is 12.2. The van der Waals surface area contributed by atoms with Crippen LogP contribution >= 0.6 is 46.1 Å². The fourth-order valence-corrected chi connectivity index (χ4v) is 5.72. The Hall–Kier alpha value is 0.480. The minimum Gasteiger partial charge on any atom is -0.207 e. The minimum absolute atomic E-state index is 0.0215. The van der Waals surface area contributed by atoms with Gasteiger partial charge in [0, 0.05) is 11.4 Å². The molecule has 1 N–H and O–H groups in total. The molecule has 2 unspecified atom stereocenters. The Morgan fingerprint density at radius 3 is 2.44 bits per heavy atom. The van der Waals surface area contributed by atoms with Crippen molar-refractivity contribution in [3.63, 3.8) is 0 Å².